The Morgan fingerprint density at radius 3 is 2.79 bits per heavy atom. The summed E-state index contributed by atoms with van der Waals surface area (Å²) in [7, 11) is 0. The van der Waals surface area contributed by atoms with Crippen molar-refractivity contribution in [3.05, 3.63) is 39.1 Å². The maximum atomic E-state index is 11.4. The van der Waals surface area contributed by atoms with E-state index in [1.165, 1.54) is 0 Å². The van der Waals surface area contributed by atoms with Crippen molar-refractivity contribution < 1.29 is 5.11 Å². The fourth-order valence-corrected chi connectivity index (χ4v) is 3.45. The van der Waals surface area contributed by atoms with Crippen molar-refractivity contribution >= 4 is 17.5 Å². The van der Waals surface area contributed by atoms with Crippen LogP contribution in [0.4, 0.5) is 5.82 Å². The number of aromatic amines is 2. The third kappa shape index (κ3) is 3.38. The molecule has 4 heterocycles. The van der Waals surface area contributed by atoms with Crippen LogP contribution in [0.2, 0.25) is 0 Å². The number of piperidine rings is 1. The molecule has 0 amide bonds. The Hall–Kier alpha value is -3.14. The minimum Gasteiger partial charge on any atom is -0.493 e. The quantitative estimate of drug-likeness (QED) is 0.402. The molecule has 2 aliphatic rings. The zero-order valence-electron chi connectivity index (χ0n) is 15.3. The van der Waals surface area contributed by atoms with E-state index in [4.69, 9.17) is 9.98 Å². The second kappa shape index (κ2) is 6.79. The van der Waals surface area contributed by atoms with Crippen LogP contribution in [-0.4, -0.2) is 54.8 Å². The molecule has 1 saturated heterocycles. The third-order valence-electron chi connectivity index (χ3n) is 5.07. The molecule has 0 unspecified atom stereocenters. The summed E-state index contributed by atoms with van der Waals surface area (Å²) in [6.07, 6.45) is 7.58. The van der Waals surface area contributed by atoms with Gasteiger partial charge in [-0.2, -0.15) is 9.61 Å². The lowest BCUT2D eigenvalue weighted by atomic mass is 10.1. The summed E-state index contributed by atoms with van der Waals surface area (Å²) in [6.45, 7) is 1.98. The highest BCUT2D eigenvalue weighted by Crippen LogP contribution is 2.22. The van der Waals surface area contributed by atoms with Crippen LogP contribution in [-0.2, 0) is 0 Å². The Bertz CT molecular complexity index is 1180. The molecule has 146 valence electrons. The highest BCUT2D eigenvalue weighted by atomic mass is 16.3. The van der Waals surface area contributed by atoms with Crippen LogP contribution in [0.1, 0.15) is 31.4 Å². The van der Waals surface area contributed by atoms with Gasteiger partial charge in [0.1, 0.15) is 11.5 Å². The lowest BCUT2D eigenvalue weighted by Gasteiger charge is -2.24. The Labute approximate surface area is 159 Å². The number of H-pyrrole nitrogens is 2. The summed E-state index contributed by atoms with van der Waals surface area (Å²) in [5, 5.41) is 21.9. The van der Waals surface area contributed by atoms with Crippen LogP contribution < -0.4 is 27.0 Å². The normalized spacial score (nSPS) is 19.6. The van der Waals surface area contributed by atoms with Crippen LogP contribution >= 0.6 is 0 Å². The molecule has 0 spiro atoms. The average molecular weight is 382 g/mol. The van der Waals surface area contributed by atoms with E-state index in [2.05, 4.69) is 25.7 Å². The van der Waals surface area contributed by atoms with Crippen molar-refractivity contribution in [2.24, 2.45) is 4.99 Å². The van der Waals surface area contributed by atoms with Crippen LogP contribution in [0.15, 0.2) is 22.1 Å². The van der Waals surface area contributed by atoms with Crippen molar-refractivity contribution in [2.45, 2.75) is 37.8 Å². The Morgan fingerprint density at radius 1 is 1.25 bits per heavy atom. The number of aromatic hydroxyl groups is 1. The minimum atomic E-state index is -0.467. The smallest absolute Gasteiger partial charge is 0.326 e. The third-order valence-corrected chi connectivity index (χ3v) is 5.07. The summed E-state index contributed by atoms with van der Waals surface area (Å²) in [5.41, 5.74) is 1.21. The predicted molar refractivity (Wildman–Crippen MR) is 103 cm³/mol. The van der Waals surface area contributed by atoms with Gasteiger partial charge in [0.25, 0.3) is 0 Å². The standard InChI is InChI=1S/C18H22N8O2/c27-17-13(23-18(28)25-17)7-10-9-20-26-15(22-11-1-2-11)8-14(24-16(10)26)21-12-3-5-19-6-4-12/h7-9,11-12,19,21,27H,1-6H2,(H2,23,25,28)/b10-7-,22-15?. The first-order valence-electron chi connectivity index (χ1n) is 9.58. The second-order valence-electron chi connectivity index (χ2n) is 7.35. The van der Waals surface area contributed by atoms with Gasteiger partial charge < -0.3 is 20.7 Å². The van der Waals surface area contributed by atoms with Crippen molar-refractivity contribution in [2.75, 3.05) is 18.4 Å². The van der Waals surface area contributed by atoms with E-state index in [9.17, 15) is 9.90 Å². The molecule has 0 aromatic carbocycles. The van der Waals surface area contributed by atoms with E-state index in [1.54, 1.807) is 16.8 Å². The van der Waals surface area contributed by atoms with Gasteiger partial charge in [0, 0.05) is 17.3 Å². The maximum Gasteiger partial charge on any atom is 0.326 e. The summed E-state index contributed by atoms with van der Waals surface area (Å²) in [6, 6.07) is 2.66. The lowest BCUT2D eigenvalue weighted by molar-refractivity contribution is 0.454. The average Bonchev–Trinajstić information content (AvgIpc) is 3.32. The molecule has 3 aromatic heterocycles. The molecule has 0 atom stereocenters. The number of nitrogens with zero attached hydrogens (tertiary/aromatic N) is 4. The van der Waals surface area contributed by atoms with Gasteiger partial charge >= 0.3 is 5.69 Å². The minimum absolute atomic E-state index is 0.212. The van der Waals surface area contributed by atoms with E-state index in [-0.39, 0.29) is 5.88 Å². The zero-order chi connectivity index (χ0) is 19.1. The molecule has 0 bridgehead atoms. The highest BCUT2D eigenvalue weighted by molar-refractivity contribution is 5.58. The highest BCUT2D eigenvalue weighted by Gasteiger charge is 2.21. The zero-order valence-corrected chi connectivity index (χ0v) is 15.3. The van der Waals surface area contributed by atoms with Gasteiger partial charge in [-0.1, -0.05) is 0 Å². The SMILES string of the molecule is O=c1[nH]c(O)c(/C=c2/cnn3c(=NC4CC4)cc(NC4CCNCC4)nc23)[nH]1. The van der Waals surface area contributed by atoms with Crippen LogP contribution in [0.25, 0.3) is 11.7 Å². The number of hydrogen-bond donors (Lipinski definition) is 5. The molecule has 10 nitrogen and oxygen atoms in total. The fourth-order valence-electron chi connectivity index (χ4n) is 3.45. The molecule has 3 aromatic rings. The molecule has 1 saturated carbocycles. The molecule has 10 heteroatoms. The molecule has 5 rings (SSSR count). The molecule has 0 radical (unpaired) electrons. The lowest BCUT2D eigenvalue weighted by Crippen LogP contribution is -2.36. The molecule has 28 heavy (non-hydrogen) atoms. The number of anilines is 1. The summed E-state index contributed by atoms with van der Waals surface area (Å²) in [5.74, 6) is 0.553. The van der Waals surface area contributed by atoms with Gasteiger partial charge in [-0.15, -0.1) is 0 Å². The van der Waals surface area contributed by atoms with Crippen LogP contribution in [0, 0.1) is 0 Å². The van der Waals surface area contributed by atoms with E-state index < -0.39 is 5.69 Å². The molecular weight excluding hydrogens is 360 g/mol. The second-order valence-corrected chi connectivity index (χ2v) is 7.35. The van der Waals surface area contributed by atoms with Crippen molar-refractivity contribution in [3.8, 4) is 5.88 Å². The largest absolute Gasteiger partial charge is 0.493 e. The summed E-state index contributed by atoms with van der Waals surface area (Å²) >= 11 is 0. The van der Waals surface area contributed by atoms with E-state index in [1.807, 2.05) is 6.07 Å². The number of hydrogen-bond acceptors (Lipinski definition) is 7. The first-order chi connectivity index (χ1) is 13.7. The molecule has 1 aliphatic heterocycles. The van der Waals surface area contributed by atoms with Gasteiger partial charge in [-0.05, 0) is 44.8 Å². The van der Waals surface area contributed by atoms with Crippen molar-refractivity contribution in [1.29, 1.82) is 0 Å². The predicted octanol–water partition coefficient (Wildman–Crippen LogP) is -0.774. The van der Waals surface area contributed by atoms with E-state index in [0.717, 1.165) is 50.1 Å². The summed E-state index contributed by atoms with van der Waals surface area (Å²) < 4.78 is 1.71. The number of imidazole rings is 1. The molecular formula is C18H22N8O2. The maximum absolute atomic E-state index is 11.4. The molecule has 5 N–H and O–H groups in total. The summed E-state index contributed by atoms with van der Waals surface area (Å²) in [4.78, 5) is 25.8. The number of fused-ring (bicyclic) bond motifs is 1. The van der Waals surface area contributed by atoms with E-state index >= 15 is 0 Å². The monoisotopic (exact) mass is 382 g/mol. The first kappa shape index (κ1) is 17.0. The van der Waals surface area contributed by atoms with Crippen LogP contribution in [0.3, 0.4) is 0 Å². The fraction of sp³-hybridized carbons (Fsp3) is 0.444. The Kier molecular flexibility index (Phi) is 4.12. The molecule has 2 fully saturated rings. The first-order valence-corrected chi connectivity index (χ1v) is 9.58. The Morgan fingerprint density at radius 2 is 2.07 bits per heavy atom. The van der Waals surface area contributed by atoms with Gasteiger partial charge in [-0.3, -0.25) is 9.98 Å². The number of rotatable bonds is 4. The van der Waals surface area contributed by atoms with Crippen molar-refractivity contribution in [1.82, 2.24) is 29.9 Å². The van der Waals surface area contributed by atoms with Gasteiger partial charge in [0.05, 0.1) is 12.2 Å². The van der Waals surface area contributed by atoms with Gasteiger partial charge in [0.15, 0.2) is 11.1 Å². The topological polar surface area (TPSA) is 135 Å². The Balaban J connectivity index is 1.63. The van der Waals surface area contributed by atoms with Crippen LogP contribution in [0.5, 0.6) is 5.88 Å². The number of aromatic nitrogens is 5. The van der Waals surface area contributed by atoms with Gasteiger partial charge in [0.2, 0.25) is 5.88 Å². The van der Waals surface area contributed by atoms with Gasteiger partial charge in [-0.25, -0.2) is 9.78 Å². The molecule has 1 aliphatic carbocycles. The number of nitrogens with one attached hydrogen (secondary N) is 4. The van der Waals surface area contributed by atoms with E-state index in [0.29, 0.717) is 28.6 Å². The van der Waals surface area contributed by atoms with Crippen molar-refractivity contribution in [3.63, 3.8) is 0 Å².